The number of nitrogens with one attached hydrogen (secondary N) is 1. The van der Waals surface area contributed by atoms with Gasteiger partial charge in [-0.25, -0.2) is 4.79 Å². The molecule has 1 amide bonds. The Morgan fingerprint density at radius 1 is 0.833 bits per heavy atom. The van der Waals surface area contributed by atoms with Crippen LogP contribution < -0.4 is 5.32 Å². The Balaban J connectivity index is 3.08. The average Bonchev–Trinajstić information content (AvgIpc) is 2.37. The van der Waals surface area contributed by atoms with E-state index in [1.807, 2.05) is 0 Å². The summed E-state index contributed by atoms with van der Waals surface area (Å²) >= 11 is 0. The number of carbonyl (C=O) groups is 1. The van der Waals surface area contributed by atoms with Crippen molar-refractivity contribution in [1.82, 2.24) is 5.32 Å². The summed E-state index contributed by atoms with van der Waals surface area (Å²) in [7, 11) is 0. The maximum Gasteiger partial charge on any atom is 0.407 e. The van der Waals surface area contributed by atoms with Crippen molar-refractivity contribution in [3.8, 4) is 0 Å². The molecule has 0 aromatic carbocycles. The summed E-state index contributed by atoms with van der Waals surface area (Å²) in [5.41, 5.74) is 0. The molecule has 0 unspecified atom stereocenters. The summed E-state index contributed by atoms with van der Waals surface area (Å²) in [6, 6.07) is 0. The minimum atomic E-state index is -0.258. The van der Waals surface area contributed by atoms with Crippen LogP contribution in [0.4, 0.5) is 4.79 Å². The van der Waals surface area contributed by atoms with E-state index in [4.69, 9.17) is 4.74 Å². The Kier molecular flexibility index (Phi) is 13.8. The highest BCUT2D eigenvalue weighted by Crippen LogP contribution is 2.07. The Bertz CT molecular complexity index is 183. The second-order valence-corrected chi connectivity index (χ2v) is 4.89. The predicted octanol–water partition coefficient (Wildman–Crippen LogP) is 4.65. The van der Waals surface area contributed by atoms with Crippen LogP contribution in [0.1, 0.15) is 78.1 Å². The van der Waals surface area contributed by atoms with E-state index >= 15 is 0 Å². The largest absolute Gasteiger partial charge is 0.450 e. The van der Waals surface area contributed by atoms with Gasteiger partial charge in [-0.15, -0.1) is 0 Å². The van der Waals surface area contributed by atoms with Crippen molar-refractivity contribution >= 4 is 6.09 Å². The third-order valence-electron chi connectivity index (χ3n) is 3.03. The molecule has 0 saturated carbocycles. The molecule has 0 saturated heterocycles. The summed E-state index contributed by atoms with van der Waals surface area (Å²) in [6.45, 7) is 5.62. The molecule has 0 aliphatic heterocycles. The van der Waals surface area contributed by atoms with E-state index in [1.54, 1.807) is 0 Å². The van der Waals surface area contributed by atoms with Crippen LogP contribution in [-0.2, 0) is 4.74 Å². The lowest BCUT2D eigenvalue weighted by molar-refractivity contribution is 0.144. The molecule has 18 heavy (non-hydrogen) atoms. The molecule has 0 rings (SSSR count). The Hall–Kier alpha value is -0.730. The number of hydrogen-bond donors (Lipinski definition) is 1. The molecule has 108 valence electrons. The van der Waals surface area contributed by atoms with Gasteiger partial charge in [0.05, 0.1) is 6.61 Å². The molecule has 0 aliphatic rings. The fourth-order valence-corrected chi connectivity index (χ4v) is 1.81. The fourth-order valence-electron chi connectivity index (χ4n) is 1.81. The van der Waals surface area contributed by atoms with Crippen molar-refractivity contribution < 1.29 is 9.53 Å². The molecule has 0 aromatic rings. The third kappa shape index (κ3) is 13.3. The lowest BCUT2D eigenvalue weighted by Gasteiger charge is -2.06. The van der Waals surface area contributed by atoms with E-state index in [0.29, 0.717) is 6.61 Å². The second kappa shape index (κ2) is 14.3. The molecule has 0 spiro atoms. The number of carbonyl (C=O) groups excluding carboxylic acids is 1. The molecule has 0 bridgehead atoms. The number of alkyl carbamates (subject to hydrolysis) is 1. The zero-order chi connectivity index (χ0) is 13.5. The van der Waals surface area contributed by atoms with Crippen molar-refractivity contribution in [1.29, 1.82) is 0 Å². The van der Waals surface area contributed by atoms with Gasteiger partial charge in [0.15, 0.2) is 0 Å². The van der Waals surface area contributed by atoms with Crippen molar-refractivity contribution in [2.24, 2.45) is 0 Å². The number of hydrogen-bond acceptors (Lipinski definition) is 2. The van der Waals surface area contributed by atoms with Crippen LogP contribution in [0.5, 0.6) is 0 Å². The van der Waals surface area contributed by atoms with Gasteiger partial charge < -0.3 is 10.1 Å². The minimum Gasteiger partial charge on any atom is -0.450 e. The van der Waals surface area contributed by atoms with Gasteiger partial charge in [0.1, 0.15) is 0 Å². The summed E-state index contributed by atoms with van der Waals surface area (Å²) < 4.78 is 5.00. The highest BCUT2D eigenvalue weighted by Gasteiger charge is 1.99. The smallest absolute Gasteiger partial charge is 0.407 e. The first-order chi connectivity index (χ1) is 8.81. The molecule has 0 fully saturated rings. The molecule has 0 aliphatic carbocycles. The number of unbranched alkanes of at least 4 members (excludes halogenated alkanes) is 8. The molecule has 1 N–H and O–H groups in total. The molecule has 0 aromatic heterocycles. The first kappa shape index (κ1) is 17.3. The summed E-state index contributed by atoms with van der Waals surface area (Å²) in [5.74, 6) is 0. The molecule has 0 atom stereocenters. The fraction of sp³-hybridized carbons (Fsp3) is 0.933. The maximum absolute atomic E-state index is 11.2. The number of ether oxygens (including phenoxy) is 1. The third-order valence-corrected chi connectivity index (χ3v) is 3.03. The quantitative estimate of drug-likeness (QED) is 0.517. The lowest BCUT2D eigenvalue weighted by atomic mass is 10.1. The van der Waals surface area contributed by atoms with Crippen molar-refractivity contribution in [3.05, 3.63) is 0 Å². The van der Waals surface area contributed by atoms with E-state index < -0.39 is 0 Å². The molecule has 3 nitrogen and oxygen atoms in total. The monoisotopic (exact) mass is 257 g/mol. The van der Waals surface area contributed by atoms with Gasteiger partial charge in [0.2, 0.25) is 0 Å². The molecule has 3 heteroatoms. The highest BCUT2D eigenvalue weighted by molar-refractivity contribution is 5.66. The van der Waals surface area contributed by atoms with Crippen LogP contribution in [0.2, 0.25) is 0 Å². The zero-order valence-corrected chi connectivity index (χ0v) is 12.3. The predicted molar refractivity (Wildman–Crippen MR) is 76.9 cm³/mol. The normalized spacial score (nSPS) is 10.3. The minimum absolute atomic E-state index is 0.258. The van der Waals surface area contributed by atoms with Crippen molar-refractivity contribution in [3.63, 3.8) is 0 Å². The average molecular weight is 257 g/mol. The molecular weight excluding hydrogens is 226 g/mol. The number of amides is 1. The Labute approximate surface area is 113 Å². The lowest BCUT2D eigenvalue weighted by Crippen LogP contribution is -2.25. The zero-order valence-electron chi connectivity index (χ0n) is 12.3. The first-order valence-corrected chi connectivity index (χ1v) is 7.71. The van der Waals surface area contributed by atoms with E-state index in [1.165, 1.54) is 44.9 Å². The summed E-state index contributed by atoms with van der Waals surface area (Å²) in [6.07, 6.45) is 12.1. The first-order valence-electron chi connectivity index (χ1n) is 7.71. The van der Waals surface area contributed by atoms with Crippen LogP contribution in [-0.4, -0.2) is 19.2 Å². The van der Waals surface area contributed by atoms with Crippen LogP contribution in [0.3, 0.4) is 0 Å². The van der Waals surface area contributed by atoms with Gasteiger partial charge in [0, 0.05) is 6.54 Å². The topological polar surface area (TPSA) is 38.3 Å². The van der Waals surface area contributed by atoms with Gasteiger partial charge in [-0.1, -0.05) is 65.2 Å². The van der Waals surface area contributed by atoms with Gasteiger partial charge in [0.25, 0.3) is 0 Å². The Morgan fingerprint density at radius 2 is 1.39 bits per heavy atom. The van der Waals surface area contributed by atoms with Crippen LogP contribution >= 0.6 is 0 Å². The standard InChI is InChI=1S/C15H31NO2/c1-3-5-7-8-9-10-11-12-13-16-15(17)18-14-6-4-2/h3-14H2,1-2H3,(H,16,17). The van der Waals surface area contributed by atoms with Crippen molar-refractivity contribution in [2.45, 2.75) is 78.1 Å². The van der Waals surface area contributed by atoms with Gasteiger partial charge in [-0.05, 0) is 12.8 Å². The van der Waals surface area contributed by atoms with Crippen LogP contribution in [0, 0.1) is 0 Å². The number of rotatable bonds is 12. The SMILES string of the molecule is CCCCCCCCCCNC(=O)OCCCC. The van der Waals surface area contributed by atoms with Gasteiger partial charge in [-0.2, -0.15) is 0 Å². The molecular formula is C15H31NO2. The molecule has 0 radical (unpaired) electrons. The van der Waals surface area contributed by atoms with Gasteiger partial charge in [-0.3, -0.25) is 0 Å². The van der Waals surface area contributed by atoms with E-state index in [2.05, 4.69) is 19.2 Å². The van der Waals surface area contributed by atoms with Crippen LogP contribution in [0.25, 0.3) is 0 Å². The van der Waals surface area contributed by atoms with Crippen molar-refractivity contribution in [2.75, 3.05) is 13.2 Å². The van der Waals surface area contributed by atoms with E-state index in [-0.39, 0.29) is 6.09 Å². The maximum atomic E-state index is 11.2. The summed E-state index contributed by atoms with van der Waals surface area (Å²) in [5, 5.41) is 2.79. The Morgan fingerprint density at radius 3 is 2.00 bits per heavy atom. The molecule has 0 heterocycles. The second-order valence-electron chi connectivity index (χ2n) is 4.89. The van der Waals surface area contributed by atoms with E-state index in [9.17, 15) is 4.79 Å². The van der Waals surface area contributed by atoms with Crippen LogP contribution in [0.15, 0.2) is 0 Å². The summed E-state index contributed by atoms with van der Waals surface area (Å²) in [4.78, 5) is 11.2. The van der Waals surface area contributed by atoms with Gasteiger partial charge >= 0.3 is 6.09 Å². The van der Waals surface area contributed by atoms with E-state index in [0.717, 1.165) is 25.8 Å². The highest BCUT2D eigenvalue weighted by atomic mass is 16.5.